The summed E-state index contributed by atoms with van der Waals surface area (Å²) in [4.78, 5) is 30.1. The second-order valence-corrected chi connectivity index (χ2v) is 11.3. The Morgan fingerprint density at radius 3 is 2.68 bits per heavy atom. The highest BCUT2D eigenvalue weighted by molar-refractivity contribution is 7.89. The molecule has 2 aliphatic heterocycles. The fraction of sp³-hybridized carbons (Fsp3) is 0.684. The molecule has 1 aromatic rings. The molecule has 3 heterocycles. The number of rotatable bonds is 9. The van der Waals surface area contributed by atoms with Gasteiger partial charge in [-0.1, -0.05) is 11.6 Å². The van der Waals surface area contributed by atoms with Crippen molar-refractivity contribution in [3.05, 3.63) is 21.3 Å². The van der Waals surface area contributed by atoms with Crippen molar-refractivity contribution >= 4 is 44.8 Å². The quantitative estimate of drug-likeness (QED) is 0.543. The van der Waals surface area contributed by atoms with Crippen molar-refractivity contribution < 1.29 is 27.5 Å². The Labute approximate surface area is 191 Å². The summed E-state index contributed by atoms with van der Waals surface area (Å²) in [6.07, 6.45) is 0.0841. The van der Waals surface area contributed by atoms with Gasteiger partial charge in [0.2, 0.25) is 21.8 Å². The largest absolute Gasteiger partial charge is 0.379 e. The number of nitrogens with one attached hydrogen (secondary N) is 1. The molecule has 3 rings (SSSR count). The van der Waals surface area contributed by atoms with Gasteiger partial charge in [-0.15, -0.1) is 11.3 Å². The van der Waals surface area contributed by atoms with Gasteiger partial charge < -0.3 is 19.3 Å². The van der Waals surface area contributed by atoms with Crippen LogP contribution in [0, 0.1) is 0 Å². The maximum atomic E-state index is 13.1. The van der Waals surface area contributed by atoms with Crippen LogP contribution in [-0.2, 0) is 35.5 Å². The molecule has 12 heteroatoms. The van der Waals surface area contributed by atoms with E-state index in [0.29, 0.717) is 43.5 Å². The molecule has 2 amide bonds. The second kappa shape index (κ2) is 10.6. The lowest BCUT2D eigenvalue weighted by Crippen LogP contribution is -2.57. The lowest BCUT2D eigenvalue weighted by Gasteiger charge is -2.36. The Hall–Kier alpha value is -1.24. The summed E-state index contributed by atoms with van der Waals surface area (Å²) in [6, 6.07) is 1.82. The molecule has 3 atom stereocenters. The first kappa shape index (κ1) is 24.4. The Morgan fingerprint density at radius 1 is 1.35 bits per heavy atom. The van der Waals surface area contributed by atoms with Crippen LogP contribution < -0.4 is 4.72 Å². The van der Waals surface area contributed by atoms with E-state index < -0.39 is 34.1 Å². The number of amides is 2. The molecule has 31 heavy (non-hydrogen) atoms. The molecule has 2 saturated heterocycles. The summed E-state index contributed by atoms with van der Waals surface area (Å²) in [5, 5.41) is 0. The van der Waals surface area contributed by atoms with Gasteiger partial charge in [-0.3, -0.25) is 9.59 Å². The number of likely N-dealkylation sites (tertiary alicyclic amines) is 1. The summed E-state index contributed by atoms with van der Waals surface area (Å²) in [5.41, 5.74) is 0. The normalized spacial score (nSPS) is 22.0. The number of halogens is 1. The first-order chi connectivity index (χ1) is 14.7. The molecule has 2 fully saturated rings. The van der Waals surface area contributed by atoms with Gasteiger partial charge in [0, 0.05) is 31.6 Å². The number of carbonyl (C=O) groups excluding carboxylic acids is 2. The molecule has 3 unspecified atom stereocenters. The highest BCUT2D eigenvalue weighted by Gasteiger charge is 2.44. The van der Waals surface area contributed by atoms with E-state index in [0.717, 1.165) is 4.88 Å². The third-order valence-corrected chi connectivity index (χ3v) is 8.21. The molecule has 0 radical (unpaired) electrons. The van der Waals surface area contributed by atoms with Crippen LogP contribution in [0.3, 0.4) is 0 Å². The molecule has 0 saturated carbocycles. The van der Waals surface area contributed by atoms with Crippen LogP contribution in [-0.4, -0.2) is 93.9 Å². The van der Waals surface area contributed by atoms with Crippen LogP contribution in [0.2, 0.25) is 4.34 Å². The summed E-state index contributed by atoms with van der Waals surface area (Å²) >= 11 is 7.22. The average Bonchev–Trinajstić information content (AvgIpc) is 3.33. The predicted molar refractivity (Wildman–Crippen MR) is 118 cm³/mol. The fourth-order valence-electron chi connectivity index (χ4n) is 3.77. The second-order valence-electron chi connectivity index (χ2n) is 7.59. The number of hydrogen-bond acceptors (Lipinski definition) is 7. The van der Waals surface area contributed by atoms with Crippen molar-refractivity contribution in [1.82, 2.24) is 14.5 Å². The van der Waals surface area contributed by atoms with Gasteiger partial charge in [0.05, 0.1) is 29.4 Å². The summed E-state index contributed by atoms with van der Waals surface area (Å²) in [6.45, 7) is 3.82. The van der Waals surface area contributed by atoms with E-state index in [1.54, 1.807) is 24.0 Å². The van der Waals surface area contributed by atoms with E-state index in [1.807, 2.05) is 0 Å². The number of aryl methyl sites for hydroxylation is 1. The Bertz CT molecular complexity index is 887. The fourth-order valence-corrected chi connectivity index (χ4v) is 6.25. The Morgan fingerprint density at radius 2 is 2.06 bits per heavy atom. The van der Waals surface area contributed by atoms with Gasteiger partial charge in [0.25, 0.3) is 0 Å². The van der Waals surface area contributed by atoms with E-state index in [9.17, 15) is 18.0 Å². The lowest BCUT2D eigenvalue weighted by atomic mass is 10.1. The third kappa shape index (κ3) is 6.17. The smallest absolute Gasteiger partial charge is 0.248 e. The van der Waals surface area contributed by atoms with Gasteiger partial charge in [-0.25, -0.2) is 13.1 Å². The molecule has 174 valence electrons. The van der Waals surface area contributed by atoms with Crippen LogP contribution in [0.25, 0.3) is 0 Å². The molecule has 0 bridgehead atoms. The van der Waals surface area contributed by atoms with Crippen molar-refractivity contribution in [3.8, 4) is 0 Å². The number of nitrogens with zero attached hydrogens (tertiary/aromatic N) is 2. The molecule has 1 aromatic heterocycles. The van der Waals surface area contributed by atoms with Crippen molar-refractivity contribution in [2.45, 2.75) is 38.0 Å². The molecule has 9 nitrogen and oxygen atoms in total. The topological polar surface area (TPSA) is 105 Å². The van der Waals surface area contributed by atoms with Gasteiger partial charge in [0.15, 0.2) is 0 Å². The highest BCUT2D eigenvalue weighted by atomic mass is 35.5. The van der Waals surface area contributed by atoms with Gasteiger partial charge in [-0.05, 0) is 31.9 Å². The lowest BCUT2D eigenvalue weighted by molar-refractivity contribution is -0.152. The molecule has 1 N–H and O–H groups in total. The standard InChI is InChI=1S/C19H28ClN3O6S2/c1-13(28-2)17(19(25)22-8-10-29-11-9-22)23-7-5-15(18(23)24)21-31(26,27)12-6-14-3-4-16(20)30-14/h3-4,13,15,17,21H,5-12H2,1-2H3. The SMILES string of the molecule is COC(C)C(C(=O)N1CCOCC1)N1CCC(NS(=O)(=O)CCc2ccc(Cl)s2)C1=O. The summed E-state index contributed by atoms with van der Waals surface area (Å²) in [7, 11) is -2.19. The molecule has 0 aromatic carbocycles. The van der Waals surface area contributed by atoms with Gasteiger partial charge in [-0.2, -0.15) is 0 Å². The first-order valence-electron chi connectivity index (χ1n) is 10.2. The Kier molecular flexibility index (Phi) is 8.33. The van der Waals surface area contributed by atoms with Crippen LogP contribution in [0.5, 0.6) is 0 Å². The number of methoxy groups -OCH3 is 1. The van der Waals surface area contributed by atoms with Crippen LogP contribution in [0.1, 0.15) is 18.2 Å². The van der Waals surface area contributed by atoms with Crippen LogP contribution >= 0.6 is 22.9 Å². The Balaban J connectivity index is 1.64. The van der Waals surface area contributed by atoms with Crippen molar-refractivity contribution in [2.24, 2.45) is 0 Å². The maximum absolute atomic E-state index is 13.1. The third-order valence-electron chi connectivity index (χ3n) is 5.54. The molecule has 0 aliphatic carbocycles. The predicted octanol–water partition coefficient (Wildman–Crippen LogP) is 0.727. The number of thiophene rings is 1. The van der Waals surface area contributed by atoms with Gasteiger partial charge in [0.1, 0.15) is 12.1 Å². The van der Waals surface area contributed by atoms with E-state index in [-0.39, 0.29) is 18.2 Å². The minimum Gasteiger partial charge on any atom is -0.379 e. The highest BCUT2D eigenvalue weighted by Crippen LogP contribution is 2.23. The number of ether oxygens (including phenoxy) is 2. The van der Waals surface area contributed by atoms with E-state index in [1.165, 1.54) is 23.3 Å². The van der Waals surface area contributed by atoms with Gasteiger partial charge >= 0.3 is 0 Å². The average molecular weight is 494 g/mol. The van der Waals surface area contributed by atoms with Crippen LogP contribution in [0.4, 0.5) is 0 Å². The number of carbonyl (C=O) groups is 2. The van der Waals surface area contributed by atoms with E-state index >= 15 is 0 Å². The zero-order chi connectivity index (χ0) is 22.6. The maximum Gasteiger partial charge on any atom is 0.248 e. The van der Waals surface area contributed by atoms with Crippen molar-refractivity contribution in [3.63, 3.8) is 0 Å². The van der Waals surface area contributed by atoms with Crippen molar-refractivity contribution in [1.29, 1.82) is 0 Å². The molecule has 0 spiro atoms. The number of morpholine rings is 1. The molecule has 2 aliphatic rings. The van der Waals surface area contributed by atoms with Crippen LogP contribution in [0.15, 0.2) is 12.1 Å². The minimum absolute atomic E-state index is 0.141. The minimum atomic E-state index is -3.68. The van der Waals surface area contributed by atoms with Crippen molar-refractivity contribution in [2.75, 3.05) is 45.7 Å². The monoisotopic (exact) mass is 493 g/mol. The zero-order valence-corrected chi connectivity index (χ0v) is 20.0. The number of hydrogen-bond donors (Lipinski definition) is 1. The van der Waals surface area contributed by atoms with E-state index in [4.69, 9.17) is 21.1 Å². The first-order valence-corrected chi connectivity index (χ1v) is 13.0. The molecular formula is C19H28ClN3O6S2. The zero-order valence-electron chi connectivity index (χ0n) is 17.6. The van der Waals surface area contributed by atoms with E-state index in [2.05, 4.69) is 4.72 Å². The number of sulfonamides is 1. The molecular weight excluding hydrogens is 466 g/mol. The summed E-state index contributed by atoms with van der Waals surface area (Å²) in [5.74, 6) is -0.750. The summed E-state index contributed by atoms with van der Waals surface area (Å²) < 4.78 is 38.9.